The number of carbonyl (C=O) groups is 2. The number of rotatable bonds is 14. The Morgan fingerprint density at radius 1 is 1.00 bits per heavy atom. The van der Waals surface area contributed by atoms with E-state index in [1.807, 2.05) is 26.8 Å². The SMILES string of the molecule is C1COCCN1.CC.CCCCCCC(C)Oc1cc(OC=O)c(C2=C(C)CCC(=O)C2)c(OCCC(C)C)c1. The molecule has 0 aromatic heterocycles. The molecule has 1 unspecified atom stereocenters. The molecule has 1 heterocycles. The molecule has 1 aliphatic carbocycles. The molecule has 0 saturated carbocycles. The topological polar surface area (TPSA) is 83.1 Å². The van der Waals surface area contributed by atoms with Gasteiger partial charge in [0.2, 0.25) is 0 Å². The molecule has 40 heavy (non-hydrogen) atoms. The summed E-state index contributed by atoms with van der Waals surface area (Å²) in [4.78, 5) is 23.5. The maximum absolute atomic E-state index is 12.2. The van der Waals surface area contributed by atoms with Crippen molar-refractivity contribution in [2.45, 2.75) is 112 Å². The molecule has 1 atom stereocenters. The van der Waals surface area contributed by atoms with Gasteiger partial charge in [-0.2, -0.15) is 0 Å². The van der Waals surface area contributed by atoms with Gasteiger partial charge in [0.25, 0.3) is 6.47 Å². The third-order valence-electron chi connectivity index (χ3n) is 6.78. The van der Waals surface area contributed by atoms with Crippen LogP contribution in [0.3, 0.4) is 0 Å². The molecule has 0 amide bonds. The summed E-state index contributed by atoms with van der Waals surface area (Å²) in [5.74, 6) is 2.32. The monoisotopic (exact) mass is 561 g/mol. The second-order valence-corrected chi connectivity index (χ2v) is 10.7. The first-order valence-electron chi connectivity index (χ1n) is 15.4. The van der Waals surface area contributed by atoms with Crippen LogP contribution in [0.4, 0.5) is 0 Å². The van der Waals surface area contributed by atoms with Crippen molar-refractivity contribution in [2.75, 3.05) is 32.9 Å². The number of nitrogens with one attached hydrogen (secondary N) is 1. The average molecular weight is 562 g/mol. The van der Waals surface area contributed by atoms with Crippen molar-refractivity contribution in [3.8, 4) is 17.2 Å². The van der Waals surface area contributed by atoms with Crippen molar-refractivity contribution in [3.63, 3.8) is 0 Å². The van der Waals surface area contributed by atoms with Crippen LogP contribution < -0.4 is 19.5 Å². The highest BCUT2D eigenvalue weighted by molar-refractivity contribution is 5.96. The number of morpholine rings is 1. The maximum atomic E-state index is 12.2. The van der Waals surface area contributed by atoms with E-state index in [1.54, 1.807) is 6.07 Å². The van der Waals surface area contributed by atoms with Gasteiger partial charge in [-0.05, 0) is 51.0 Å². The zero-order chi connectivity index (χ0) is 29.8. The fourth-order valence-corrected chi connectivity index (χ4v) is 4.48. The van der Waals surface area contributed by atoms with Crippen LogP contribution >= 0.6 is 0 Å². The van der Waals surface area contributed by atoms with E-state index in [0.29, 0.717) is 61.1 Å². The van der Waals surface area contributed by atoms with Gasteiger partial charge >= 0.3 is 0 Å². The number of allylic oxidation sites excluding steroid dienone is 2. The lowest BCUT2D eigenvalue weighted by Gasteiger charge is -2.24. The van der Waals surface area contributed by atoms with Gasteiger partial charge in [0, 0.05) is 38.1 Å². The Morgan fingerprint density at radius 2 is 1.70 bits per heavy atom. The third-order valence-corrected chi connectivity index (χ3v) is 6.78. The van der Waals surface area contributed by atoms with E-state index in [9.17, 15) is 9.59 Å². The molecule has 7 nitrogen and oxygen atoms in total. The summed E-state index contributed by atoms with van der Waals surface area (Å²) in [6.07, 6.45) is 8.28. The Morgan fingerprint density at radius 3 is 2.27 bits per heavy atom. The van der Waals surface area contributed by atoms with Crippen LogP contribution in [-0.4, -0.2) is 51.3 Å². The van der Waals surface area contributed by atoms with Gasteiger partial charge in [-0.25, -0.2) is 0 Å². The van der Waals surface area contributed by atoms with Crippen LogP contribution in [0.2, 0.25) is 0 Å². The maximum Gasteiger partial charge on any atom is 0.298 e. The minimum atomic E-state index is 0.0440. The van der Waals surface area contributed by atoms with E-state index in [-0.39, 0.29) is 11.9 Å². The molecule has 1 aliphatic heterocycles. The summed E-state index contributed by atoms with van der Waals surface area (Å²) in [5.41, 5.74) is 2.73. The molecule has 7 heteroatoms. The molecule has 0 bridgehead atoms. The van der Waals surface area contributed by atoms with Gasteiger partial charge in [-0.3, -0.25) is 9.59 Å². The standard InChI is InChI=1S/C27H40O5.C4H9NO.C2H6/c1-6-7-8-9-10-21(5)32-23-16-25(30-14-13-19(2)3)27(26(17-23)31-18-28)24-15-22(29)12-11-20(24)4;1-3-6-4-2-5-1;1-2/h16-19,21H,6-15H2,1-5H3;5H,1-4H2;1-2H3. The van der Waals surface area contributed by atoms with E-state index in [4.69, 9.17) is 18.9 Å². The zero-order valence-electron chi connectivity index (χ0n) is 26.2. The third kappa shape index (κ3) is 13.8. The van der Waals surface area contributed by atoms with E-state index in [2.05, 4.69) is 33.0 Å². The predicted octanol–water partition coefficient (Wildman–Crippen LogP) is 7.54. The van der Waals surface area contributed by atoms with Gasteiger partial charge < -0.3 is 24.3 Å². The van der Waals surface area contributed by atoms with Crippen molar-refractivity contribution in [3.05, 3.63) is 23.3 Å². The number of benzene rings is 1. The minimum Gasteiger partial charge on any atom is -0.493 e. The number of unbranched alkanes of at least 4 members (excludes halogenated alkanes) is 3. The zero-order valence-corrected chi connectivity index (χ0v) is 26.2. The first-order valence-corrected chi connectivity index (χ1v) is 15.4. The van der Waals surface area contributed by atoms with E-state index >= 15 is 0 Å². The van der Waals surface area contributed by atoms with Crippen LogP contribution in [0.1, 0.15) is 112 Å². The number of hydrogen-bond donors (Lipinski definition) is 1. The molecule has 2 aliphatic rings. The van der Waals surface area contributed by atoms with E-state index in [0.717, 1.165) is 56.7 Å². The molecule has 1 fully saturated rings. The van der Waals surface area contributed by atoms with Crippen molar-refractivity contribution in [1.82, 2.24) is 5.32 Å². The van der Waals surface area contributed by atoms with Crippen molar-refractivity contribution in [2.24, 2.45) is 5.92 Å². The smallest absolute Gasteiger partial charge is 0.298 e. The van der Waals surface area contributed by atoms with Crippen LogP contribution in [0.25, 0.3) is 5.57 Å². The summed E-state index contributed by atoms with van der Waals surface area (Å²) in [5, 5.41) is 3.16. The second kappa shape index (κ2) is 21.4. The number of hydrogen-bond acceptors (Lipinski definition) is 7. The molecule has 228 valence electrons. The average Bonchev–Trinajstić information content (AvgIpc) is 2.95. The largest absolute Gasteiger partial charge is 0.493 e. The van der Waals surface area contributed by atoms with Gasteiger partial charge in [-0.1, -0.05) is 59.5 Å². The normalized spacial score (nSPS) is 15.8. The van der Waals surface area contributed by atoms with Gasteiger partial charge in [0.05, 0.1) is 31.5 Å². The summed E-state index contributed by atoms with van der Waals surface area (Å²) >= 11 is 0. The Balaban J connectivity index is 0.000000866. The van der Waals surface area contributed by atoms with Crippen molar-refractivity contribution < 1.29 is 28.5 Å². The van der Waals surface area contributed by atoms with Crippen molar-refractivity contribution in [1.29, 1.82) is 0 Å². The highest BCUT2D eigenvalue weighted by Gasteiger charge is 2.25. The lowest BCUT2D eigenvalue weighted by Crippen LogP contribution is -2.30. The van der Waals surface area contributed by atoms with Crippen LogP contribution in [0.5, 0.6) is 17.2 Å². The van der Waals surface area contributed by atoms with Crippen molar-refractivity contribution >= 4 is 17.8 Å². The van der Waals surface area contributed by atoms with Crippen LogP contribution in [0, 0.1) is 5.92 Å². The summed E-state index contributed by atoms with van der Waals surface area (Å²) < 4.78 is 22.8. The first kappa shape index (κ1) is 35.6. The van der Waals surface area contributed by atoms with Crippen LogP contribution in [0.15, 0.2) is 17.7 Å². The van der Waals surface area contributed by atoms with E-state index in [1.165, 1.54) is 19.3 Å². The highest BCUT2D eigenvalue weighted by atomic mass is 16.5. The number of carbonyl (C=O) groups excluding carboxylic acids is 2. The van der Waals surface area contributed by atoms with E-state index < -0.39 is 0 Å². The quantitative estimate of drug-likeness (QED) is 0.185. The summed E-state index contributed by atoms with van der Waals surface area (Å²) in [7, 11) is 0. The fourth-order valence-electron chi connectivity index (χ4n) is 4.48. The first-order chi connectivity index (χ1) is 19.3. The number of Topliss-reactive ketones (excluding diaryl/α,β-unsaturated/α-hetero) is 1. The molecule has 1 N–H and O–H groups in total. The molecular weight excluding hydrogens is 506 g/mol. The van der Waals surface area contributed by atoms with Gasteiger partial charge in [0.15, 0.2) is 0 Å². The second-order valence-electron chi connectivity index (χ2n) is 10.7. The lowest BCUT2D eigenvalue weighted by molar-refractivity contribution is -0.120. The molecule has 1 aromatic rings. The summed E-state index contributed by atoms with van der Waals surface area (Å²) in [6, 6.07) is 3.64. The molecule has 3 rings (SSSR count). The van der Waals surface area contributed by atoms with Gasteiger partial charge in [-0.15, -0.1) is 0 Å². The Bertz CT molecular complexity index is 880. The predicted molar refractivity (Wildman–Crippen MR) is 163 cm³/mol. The minimum absolute atomic E-state index is 0.0440. The Hall–Kier alpha value is -2.38. The molecule has 1 saturated heterocycles. The summed E-state index contributed by atoms with van der Waals surface area (Å²) in [6.45, 7) is 19.4. The van der Waals surface area contributed by atoms with Gasteiger partial charge in [0.1, 0.15) is 23.0 Å². The highest BCUT2D eigenvalue weighted by Crippen LogP contribution is 2.44. The molecule has 0 radical (unpaired) electrons. The molecule has 1 aromatic carbocycles. The number of ether oxygens (including phenoxy) is 4. The number of ketones is 1. The Labute approximate surface area is 243 Å². The van der Waals surface area contributed by atoms with Crippen LogP contribution in [-0.2, 0) is 14.3 Å². The Kier molecular flexibility index (Phi) is 19.1. The molecule has 0 spiro atoms. The fraction of sp³-hybridized carbons (Fsp3) is 0.697. The lowest BCUT2D eigenvalue weighted by atomic mass is 9.86. The molecular formula is C33H55NO6.